The van der Waals surface area contributed by atoms with E-state index in [1.54, 1.807) is 18.2 Å². The lowest BCUT2D eigenvalue weighted by atomic mass is 9.67. The number of Topliss-reactive ketones (excluding diaryl/α,β-unsaturated/α-hetero) is 1. The highest BCUT2D eigenvalue weighted by atomic mass is 16.6. The van der Waals surface area contributed by atoms with Crippen LogP contribution in [0.5, 0.6) is 11.5 Å². The molecule has 30 heavy (non-hydrogen) atoms. The third kappa shape index (κ3) is 4.55. The van der Waals surface area contributed by atoms with Gasteiger partial charge in [-0.05, 0) is 37.8 Å². The van der Waals surface area contributed by atoms with Crippen molar-refractivity contribution in [3.8, 4) is 11.5 Å². The molecule has 1 aliphatic heterocycles. The first-order valence-electron chi connectivity index (χ1n) is 10.2. The fourth-order valence-electron chi connectivity index (χ4n) is 4.37. The summed E-state index contributed by atoms with van der Waals surface area (Å²) in [6, 6.07) is 4.14. The minimum atomic E-state index is -0.745. The normalized spacial score (nSPS) is 24.5. The van der Waals surface area contributed by atoms with Crippen molar-refractivity contribution in [1.29, 1.82) is 0 Å². The molecule has 2 bridgehead atoms. The summed E-state index contributed by atoms with van der Waals surface area (Å²) in [4.78, 5) is 48.4. The Hall–Kier alpha value is -3.10. The van der Waals surface area contributed by atoms with Gasteiger partial charge in [-0.1, -0.05) is 6.42 Å². The van der Waals surface area contributed by atoms with Crippen LogP contribution in [0.25, 0.3) is 0 Å². The predicted molar refractivity (Wildman–Crippen MR) is 104 cm³/mol. The highest BCUT2D eigenvalue weighted by Crippen LogP contribution is 2.40. The summed E-state index contributed by atoms with van der Waals surface area (Å²) in [6.45, 7) is 0.336. The Bertz CT molecular complexity index is 853. The van der Waals surface area contributed by atoms with Gasteiger partial charge >= 0.3 is 12.0 Å². The molecule has 9 heteroatoms. The van der Waals surface area contributed by atoms with Crippen molar-refractivity contribution < 1.29 is 33.4 Å². The third-order valence-electron chi connectivity index (χ3n) is 5.78. The third-order valence-corrected chi connectivity index (χ3v) is 5.78. The van der Waals surface area contributed by atoms with Crippen LogP contribution in [0.3, 0.4) is 0 Å². The summed E-state index contributed by atoms with van der Waals surface area (Å²) in [5, 5.41) is 4.64. The first-order valence-corrected chi connectivity index (χ1v) is 10.2. The fourth-order valence-corrected chi connectivity index (χ4v) is 4.37. The van der Waals surface area contributed by atoms with E-state index in [0.717, 1.165) is 19.3 Å². The van der Waals surface area contributed by atoms with Gasteiger partial charge in [0.15, 0.2) is 18.1 Å². The molecule has 2 atom stereocenters. The molecular weight excluding hydrogens is 392 g/mol. The van der Waals surface area contributed by atoms with Gasteiger partial charge in [-0.3, -0.25) is 19.7 Å². The van der Waals surface area contributed by atoms with Crippen LogP contribution in [0.4, 0.5) is 10.5 Å². The SMILES string of the molecule is O=C(COC(=O)C1CC2CCCC(C1)C2=O)NC(=O)Nc1ccc2c(c1)OCCO2. The molecule has 2 N–H and O–H groups in total. The second kappa shape index (κ2) is 8.73. The molecule has 2 unspecified atom stereocenters. The van der Waals surface area contributed by atoms with Crippen LogP contribution in [0.2, 0.25) is 0 Å². The van der Waals surface area contributed by atoms with Gasteiger partial charge in [0, 0.05) is 23.6 Å². The molecule has 2 saturated carbocycles. The largest absolute Gasteiger partial charge is 0.486 e. The molecular formula is C21H24N2O7. The van der Waals surface area contributed by atoms with Crippen molar-refractivity contribution in [3.63, 3.8) is 0 Å². The van der Waals surface area contributed by atoms with Gasteiger partial charge < -0.3 is 19.5 Å². The quantitative estimate of drug-likeness (QED) is 0.721. The number of urea groups is 1. The molecule has 2 aliphatic carbocycles. The number of carbonyl (C=O) groups is 4. The Morgan fingerprint density at radius 1 is 1.03 bits per heavy atom. The fraction of sp³-hybridized carbons (Fsp3) is 0.524. The summed E-state index contributed by atoms with van der Waals surface area (Å²) in [7, 11) is 0. The molecule has 1 heterocycles. The number of rotatable bonds is 4. The van der Waals surface area contributed by atoms with E-state index >= 15 is 0 Å². The lowest BCUT2D eigenvalue weighted by molar-refractivity contribution is -0.156. The predicted octanol–water partition coefficient (Wildman–Crippen LogP) is 2.04. The van der Waals surface area contributed by atoms with Crippen molar-refractivity contribution in [3.05, 3.63) is 18.2 Å². The average Bonchev–Trinajstić information content (AvgIpc) is 2.71. The smallest absolute Gasteiger partial charge is 0.325 e. The van der Waals surface area contributed by atoms with Crippen molar-refractivity contribution in [2.75, 3.05) is 25.1 Å². The molecule has 0 aromatic heterocycles. The van der Waals surface area contributed by atoms with E-state index < -0.39 is 24.5 Å². The Labute approximate surface area is 173 Å². The molecule has 160 valence electrons. The monoisotopic (exact) mass is 416 g/mol. The van der Waals surface area contributed by atoms with Crippen molar-refractivity contribution >= 4 is 29.4 Å². The number of hydrogen-bond acceptors (Lipinski definition) is 7. The Balaban J connectivity index is 1.22. The molecule has 0 radical (unpaired) electrons. The number of anilines is 1. The number of ketones is 1. The van der Waals surface area contributed by atoms with E-state index in [2.05, 4.69) is 10.6 Å². The average molecular weight is 416 g/mol. The number of hydrogen-bond donors (Lipinski definition) is 2. The van der Waals surface area contributed by atoms with Crippen LogP contribution >= 0.6 is 0 Å². The summed E-state index contributed by atoms with van der Waals surface area (Å²) in [5.41, 5.74) is 0.431. The summed E-state index contributed by atoms with van der Waals surface area (Å²) in [6.07, 6.45) is 3.63. The highest BCUT2D eigenvalue weighted by Gasteiger charge is 2.41. The van der Waals surface area contributed by atoms with Crippen LogP contribution in [0.1, 0.15) is 32.1 Å². The Morgan fingerprint density at radius 2 is 1.73 bits per heavy atom. The van der Waals surface area contributed by atoms with Crippen LogP contribution in [-0.4, -0.2) is 43.5 Å². The molecule has 1 aromatic carbocycles. The van der Waals surface area contributed by atoms with E-state index in [1.807, 2.05) is 0 Å². The first kappa shape index (κ1) is 20.2. The number of fused-ring (bicyclic) bond motifs is 3. The van der Waals surface area contributed by atoms with Gasteiger partial charge in [0.05, 0.1) is 5.92 Å². The van der Waals surface area contributed by atoms with Crippen LogP contribution in [0, 0.1) is 17.8 Å². The van der Waals surface area contributed by atoms with Gasteiger partial charge in [0.2, 0.25) is 0 Å². The second-order valence-corrected chi connectivity index (χ2v) is 7.86. The summed E-state index contributed by atoms with van der Waals surface area (Å²) >= 11 is 0. The number of benzene rings is 1. The highest BCUT2D eigenvalue weighted by molar-refractivity contribution is 6.02. The van der Waals surface area contributed by atoms with Crippen molar-refractivity contribution in [1.82, 2.24) is 5.32 Å². The van der Waals surface area contributed by atoms with E-state index in [1.165, 1.54) is 0 Å². The molecule has 1 aromatic rings. The number of nitrogens with one attached hydrogen (secondary N) is 2. The molecule has 3 aliphatic rings. The second-order valence-electron chi connectivity index (χ2n) is 7.86. The zero-order chi connectivity index (χ0) is 21.1. The molecule has 4 rings (SSSR count). The molecule has 9 nitrogen and oxygen atoms in total. The molecule has 2 fully saturated rings. The number of imide groups is 1. The number of amides is 3. The van der Waals surface area contributed by atoms with Gasteiger partial charge in [-0.25, -0.2) is 4.79 Å². The molecule has 3 amide bonds. The first-order chi connectivity index (χ1) is 14.5. The zero-order valence-corrected chi connectivity index (χ0v) is 16.5. The van der Waals surface area contributed by atoms with Crippen LogP contribution < -0.4 is 20.1 Å². The lowest BCUT2D eigenvalue weighted by Crippen LogP contribution is -2.41. The minimum absolute atomic E-state index is 0.0688. The van der Waals surface area contributed by atoms with Crippen LogP contribution in [0.15, 0.2) is 18.2 Å². The van der Waals surface area contributed by atoms with E-state index in [9.17, 15) is 19.2 Å². The number of esters is 1. The van der Waals surface area contributed by atoms with Gasteiger partial charge in [-0.2, -0.15) is 0 Å². The summed E-state index contributed by atoms with van der Waals surface area (Å²) < 4.78 is 15.9. The van der Waals surface area contributed by atoms with Gasteiger partial charge in [0.25, 0.3) is 5.91 Å². The maximum Gasteiger partial charge on any atom is 0.325 e. The summed E-state index contributed by atoms with van der Waals surface area (Å²) in [5.74, 6) is -0.358. The van der Waals surface area contributed by atoms with Gasteiger partial charge in [0.1, 0.15) is 19.0 Å². The topological polar surface area (TPSA) is 120 Å². The Kier molecular flexibility index (Phi) is 5.87. The maximum absolute atomic E-state index is 12.3. The van der Waals surface area contributed by atoms with E-state index in [-0.39, 0.29) is 23.5 Å². The number of carbonyl (C=O) groups excluding carboxylic acids is 4. The van der Waals surface area contributed by atoms with Crippen molar-refractivity contribution in [2.24, 2.45) is 17.8 Å². The van der Waals surface area contributed by atoms with Crippen molar-refractivity contribution in [2.45, 2.75) is 32.1 Å². The molecule has 0 saturated heterocycles. The standard InChI is InChI=1S/C21H24N2O7/c24-18(11-30-20(26)14-8-12-2-1-3-13(9-14)19(12)25)23-21(27)22-15-4-5-16-17(10-15)29-7-6-28-16/h4-5,10,12-14H,1-3,6-9,11H2,(H2,22,23,24,27). The lowest BCUT2D eigenvalue weighted by Gasteiger charge is -2.36. The van der Waals surface area contributed by atoms with E-state index in [4.69, 9.17) is 14.2 Å². The van der Waals surface area contributed by atoms with E-state index in [0.29, 0.717) is 43.2 Å². The minimum Gasteiger partial charge on any atom is -0.486 e. The van der Waals surface area contributed by atoms with Gasteiger partial charge in [-0.15, -0.1) is 0 Å². The zero-order valence-electron chi connectivity index (χ0n) is 16.5. The number of ether oxygens (including phenoxy) is 3. The maximum atomic E-state index is 12.3. The molecule has 0 spiro atoms. The Morgan fingerprint density at radius 3 is 2.47 bits per heavy atom. The van der Waals surface area contributed by atoms with Crippen LogP contribution in [-0.2, 0) is 19.1 Å².